The summed E-state index contributed by atoms with van der Waals surface area (Å²) in [5.74, 6) is 0. The van der Waals surface area contributed by atoms with Crippen molar-refractivity contribution >= 4 is 16.3 Å². The Labute approximate surface area is 156 Å². The minimum absolute atomic E-state index is 0.0153. The first-order valence-corrected chi connectivity index (χ1v) is 9.94. The van der Waals surface area contributed by atoms with Gasteiger partial charge in [0, 0.05) is 11.8 Å². The van der Waals surface area contributed by atoms with Crippen molar-refractivity contribution in [2.75, 3.05) is 0 Å². The molecule has 0 saturated heterocycles. The first-order valence-electron chi connectivity index (χ1n) is 9.13. The monoisotopic (exact) mass is 360 g/mol. The lowest BCUT2D eigenvalue weighted by Crippen LogP contribution is -2.02. The molecule has 0 spiro atoms. The lowest BCUT2D eigenvalue weighted by atomic mass is 9.90. The van der Waals surface area contributed by atoms with Crippen LogP contribution in [0.25, 0.3) is 26.7 Å². The summed E-state index contributed by atoms with van der Waals surface area (Å²) in [6.07, 6.45) is 6.98. The lowest BCUT2D eigenvalue weighted by molar-refractivity contribution is 0.276. The van der Waals surface area contributed by atoms with Crippen LogP contribution in [0.3, 0.4) is 0 Å². The number of benzene rings is 2. The second-order valence-corrected chi connectivity index (χ2v) is 7.88. The Hall–Kier alpha value is -2.43. The molecule has 2 aromatic carbocycles. The summed E-state index contributed by atoms with van der Waals surface area (Å²) in [6.45, 7) is -0.0153. The van der Waals surface area contributed by atoms with Gasteiger partial charge in [0.1, 0.15) is 0 Å². The Balaban J connectivity index is 1.61. The number of fused-ring (bicyclic) bond motifs is 2. The number of nitrogens with zero attached hydrogens (tertiary/aromatic N) is 2. The average Bonchev–Trinajstić information content (AvgIpc) is 3.26. The molecule has 0 amide bonds. The topological polar surface area (TPSA) is 37.5 Å². The van der Waals surface area contributed by atoms with Crippen LogP contribution in [0, 0.1) is 0 Å². The molecule has 0 bridgehead atoms. The van der Waals surface area contributed by atoms with Gasteiger partial charge in [-0.05, 0) is 48.4 Å². The van der Waals surface area contributed by atoms with E-state index in [4.69, 9.17) is 4.98 Å². The molecule has 2 heterocycles. The summed E-state index contributed by atoms with van der Waals surface area (Å²) in [4.78, 5) is 6.97. The van der Waals surface area contributed by atoms with Crippen molar-refractivity contribution in [3.8, 4) is 21.7 Å². The molecule has 0 saturated carbocycles. The highest BCUT2D eigenvalue weighted by Gasteiger charge is 2.18. The Kier molecular flexibility index (Phi) is 3.88. The molecule has 0 fully saturated rings. The van der Waals surface area contributed by atoms with Crippen LogP contribution >= 0.6 is 11.3 Å². The Morgan fingerprint density at radius 2 is 1.77 bits per heavy atom. The molecular weight excluding hydrogens is 340 g/mol. The normalized spacial score (nSPS) is 13.9. The number of aliphatic hydroxyl groups is 1. The van der Waals surface area contributed by atoms with Crippen molar-refractivity contribution in [3.05, 3.63) is 71.5 Å². The van der Waals surface area contributed by atoms with Crippen molar-refractivity contribution in [2.45, 2.75) is 32.3 Å². The lowest BCUT2D eigenvalue weighted by Gasteiger charge is -2.16. The van der Waals surface area contributed by atoms with Crippen LogP contribution in [0.2, 0.25) is 0 Å². The number of thiazole rings is 1. The van der Waals surface area contributed by atoms with Gasteiger partial charge in [0.25, 0.3) is 0 Å². The highest BCUT2D eigenvalue weighted by Crippen LogP contribution is 2.34. The highest BCUT2D eigenvalue weighted by molar-refractivity contribution is 7.20. The molecule has 2 aromatic heterocycles. The van der Waals surface area contributed by atoms with E-state index in [0.29, 0.717) is 0 Å². The van der Waals surface area contributed by atoms with E-state index in [2.05, 4.69) is 36.5 Å². The summed E-state index contributed by atoms with van der Waals surface area (Å²) < 4.78 is 2.04. The van der Waals surface area contributed by atoms with Crippen LogP contribution in [0.4, 0.5) is 0 Å². The van der Waals surface area contributed by atoms with Gasteiger partial charge in [-0.1, -0.05) is 53.8 Å². The molecule has 1 N–H and O–H groups in total. The number of aromatic nitrogens is 2. The van der Waals surface area contributed by atoms with Crippen molar-refractivity contribution in [3.63, 3.8) is 0 Å². The molecule has 1 aliphatic carbocycles. The van der Waals surface area contributed by atoms with Gasteiger partial charge in [0.05, 0.1) is 22.9 Å². The third-order valence-electron chi connectivity index (χ3n) is 5.26. The number of rotatable bonds is 3. The van der Waals surface area contributed by atoms with Gasteiger partial charge in [0.15, 0.2) is 4.96 Å². The standard InChI is InChI=1S/C22H20N2OS/c25-14-19-21(18-11-10-15-6-4-5-9-17(15)12-18)23-22-24(19)13-20(26-22)16-7-2-1-3-8-16/h1-3,7-8,10-13,25H,4-6,9,14H2. The van der Waals surface area contributed by atoms with E-state index in [1.165, 1.54) is 40.8 Å². The Bertz CT molecular complexity index is 1080. The molecule has 0 aliphatic heterocycles. The summed E-state index contributed by atoms with van der Waals surface area (Å²) >= 11 is 1.66. The molecule has 26 heavy (non-hydrogen) atoms. The smallest absolute Gasteiger partial charge is 0.195 e. The van der Waals surface area contributed by atoms with Crippen molar-refractivity contribution in [1.29, 1.82) is 0 Å². The zero-order valence-corrected chi connectivity index (χ0v) is 15.3. The van der Waals surface area contributed by atoms with Crippen LogP contribution in [0.15, 0.2) is 54.7 Å². The minimum atomic E-state index is -0.0153. The zero-order valence-electron chi connectivity index (χ0n) is 14.5. The van der Waals surface area contributed by atoms with Crippen LogP contribution < -0.4 is 0 Å². The van der Waals surface area contributed by atoms with Gasteiger partial charge >= 0.3 is 0 Å². The number of hydrogen-bond donors (Lipinski definition) is 1. The fraction of sp³-hybridized carbons (Fsp3) is 0.227. The first kappa shape index (κ1) is 15.8. The average molecular weight is 360 g/mol. The highest BCUT2D eigenvalue weighted by atomic mass is 32.1. The van der Waals surface area contributed by atoms with Gasteiger partial charge in [-0.2, -0.15) is 0 Å². The first-order chi connectivity index (χ1) is 12.8. The van der Waals surface area contributed by atoms with E-state index in [-0.39, 0.29) is 6.61 Å². The van der Waals surface area contributed by atoms with E-state index in [9.17, 15) is 5.11 Å². The predicted octanol–water partition coefficient (Wildman–Crippen LogP) is 5.10. The molecule has 3 nitrogen and oxygen atoms in total. The van der Waals surface area contributed by atoms with Crippen LogP contribution in [0.5, 0.6) is 0 Å². The quantitative estimate of drug-likeness (QED) is 0.552. The van der Waals surface area contributed by atoms with Crippen molar-refractivity contribution in [1.82, 2.24) is 9.38 Å². The third-order valence-corrected chi connectivity index (χ3v) is 6.29. The van der Waals surface area contributed by atoms with E-state index in [1.54, 1.807) is 11.3 Å². The predicted molar refractivity (Wildman–Crippen MR) is 107 cm³/mol. The molecule has 4 heteroatoms. The van der Waals surface area contributed by atoms with E-state index in [0.717, 1.165) is 28.3 Å². The molecule has 0 atom stereocenters. The Morgan fingerprint density at radius 1 is 0.962 bits per heavy atom. The maximum atomic E-state index is 10.0. The number of hydrogen-bond acceptors (Lipinski definition) is 3. The maximum absolute atomic E-state index is 10.0. The fourth-order valence-electron chi connectivity index (χ4n) is 3.89. The molecule has 5 rings (SSSR count). The number of aryl methyl sites for hydroxylation is 2. The van der Waals surface area contributed by atoms with Crippen molar-refractivity contribution < 1.29 is 5.11 Å². The summed E-state index contributed by atoms with van der Waals surface area (Å²) in [6, 6.07) is 17.0. The maximum Gasteiger partial charge on any atom is 0.195 e. The van der Waals surface area contributed by atoms with Crippen molar-refractivity contribution in [2.24, 2.45) is 0 Å². The van der Waals surface area contributed by atoms with Gasteiger partial charge in [-0.3, -0.25) is 4.40 Å². The van der Waals surface area contributed by atoms with Gasteiger partial charge < -0.3 is 5.11 Å². The fourth-order valence-corrected chi connectivity index (χ4v) is 4.90. The molecule has 0 radical (unpaired) electrons. The summed E-state index contributed by atoms with van der Waals surface area (Å²) in [7, 11) is 0. The molecule has 0 unspecified atom stereocenters. The van der Waals surface area contributed by atoms with Gasteiger partial charge in [-0.15, -0.1) is 0 Å². The molecule has 4 aromatic rings. The largest absolute Gasteiger partial charge is 0.390 e. The second-order valence-electron chi connectivity index (χ2n) is 6.87. The number of imidazole rings is 1. The SMILES string of the molecule is OCc1c(-c2ccc3c(c2)CCCC3)nc2sc(-c3ccccc3)cn12. The Morgan fingerprint density at radius 3 is 2.58 bits per heavy atom. The van der Waals surface area contributed by atoms with E-state index < -0.39 is 0 Å². The summed E-state index contributed by atoms with van der Waals surface area (Å²) in [5, 5.41) is 10.0. The van der Waals surface area contributed by atoms with E-state index >= 15 is 0 Å². The van der Waals surface area contributed by atoms with Crippen LogP contribution in [-0.2, 0) is 19.4 Å². The van der Waals surface area contributed by atoms with Gasteiger partial charge in [0.2, 0.25) is 0 Å². The second kappa shape index (κ2) is 6.38. The third kappa shape index (κ3) is 2.57. The zero-order chi connectivity index (χ0) is 17.5. The van der Waals surface area contributed by atoms with Gasteiger partial charge in [-0.25, -0.2) is 4.98 Å². The van der Waals surface area contributed by atoms with Crippen LogP contribution in [-0.4, -0.2) is 14.5 Å². The van der Waals surface area contributed by atoms with E-state index in [1.807, 2.05) is 22.6 Å². The van der Waals surface area contributed by atoms with Crippen LogP contribution in [0.1, 0.15) is 29.7 Å². The molecule has 1 aliphatic rings. The molecular formula is C22H20N2OS. The summed E-state index contributed by atoms with van der Waals surface area (Å²) in [5.41, 5.74) is 6.99. The molecule has 130 valence electrons. The number of aliphatic hydroxyl groups excluding tert-OH is 1. The minimum Gasteiger partial charge on any atom is -0.390 e.